The van der Waals surface area contributed by atoms with Crippen molar-refractivity contribution in [2.45, 2.75) is 76.7 Å². The van der Waals surface area contributed by atoms with E-state index < -0.39 is 17.6 Å². The zero-order valence-electron chi connectivity index (χ0n) is 23.0. The Morgan fingerprint density at radius 2 is 1.51 bits per heavy atom. The van der Waals surface area contributed by atoms with Crippen molar-refractivity contribution in [1.29, 1.82) is 0 Å². The van der Waals surface area contributed by atoms with Gasteiger partial charge in [-0.2, -0.15) is 10.0 Å². The fourth-order valence-electron chi connectivity index (χ4n) is 4.53. The number of ether oxygens (including phenoxy) is 1. The number of unbranched alkanes of at least 4 members (excludes halogenated alkanes) is 8. The summed E-state index contributed by atoms with van der Waals surface area (Å²) < 4.78 is 5.19. The molecule has 0 saturated heterocycles. The number of nitrogens with one attached hydrogen (secondary N) is 1. The highest BCUT2D eigenvalue weighted by atomic mass is 16.6. The van der Waals surface area contributed by atoms with E-state index in [1.54, 1.807) is 6.07 Å². The van der Waals surface area contributed by atoms with Gasteiger partial charge in [0.2, 0.25) is 0 Å². The molecule has 6 N–H and O–H groups in total. The van der Waals surface area contributed by atoms with Crippen molar-refractivity contribution in [3.63, 3.8) is 0 Å². The van der Waals surface area contributed by atoms with Crippen molar-refractivity contribution in [2.24, 2.45) is 0 Å². The first-order valence-electron chi connectivity index (χ1n) is 14.0. The SMILES string of the molecule is O=C(CCCCCCCCCCCc1cc(OCC(O)CO)ccc1[N+](=O)[O-])[N+](CCO)(CCO)NCCO. The highest BCUT2D eigenvalue weighted by Crippen LogP contribution is 2.26. The second-order valence-electron chi connectivity index (χ2n) is 9.76. The predicted molar refractivity (Wildman–Crippen MR) is 146 cm³/mol. The maximum Gasteiger partial charge on any atom is 0.332 e. The first-order valence-corrected chi connectivity index (χ1v) is 14.0. The molecule has 0 heterocycles. The van der Waals surface area contributed by atoms with Crippen LogP contribution in [0.3, 0.4) is 0 Å². The van der Waals surface area contributed by atoms with Gasteiger partial charge in [0.05, 0.1) is 44.3 Å². The van der Waals surface area contributed by atoms with Gasteiger partial charge in [-0.05, 0) is 31.4 Å². The highest BCUT2D eigenvalue weighted by Gasteiger charge is 2.35. The number of carbonyl (C=O) groups excluding carboxylic acids is 1. The van der Waals surface area contributed by atoms with Crippen LogP contribution in [0.2, 0.25) is 0 Å². The number of nitrogens with zero attached hydrogens (tertiary/aromatic N) is 2. The fourth-order valence-corrected chi connectivity index (χ4v) is 4.53. The fraction of sp³-hybridized carbons (Fsp3) is 0.741. The van der Waals surface area contributed by atoms with Crippen molar-refractivity contribution in [2.75, 3.05) is 52.7 Å². The molecule has 0 aliphatic rings. The van der Waals surface area contributed by atoms with E-state index in [1.165, 1.54) is 12.1 Å². The molecular weight excluding hydrogens is 510 g/mol. The van der Waals surface area contributed by atoms with Gasteiger partial charge in [0.1, 0.15) is 31.5 Å². The first-order chi connectivity index (χ1) is 18.8. The third-order valence-electron chi connectivity index (χ3n) is 6.70. The Hall–Kier alpha value is -2.19. The lowest BCUT2D eigenvalue weighted by molar-refractivity contribution is -0.899. The van der Waals surface area contributed by atoms with Crippen LogP contribution in [0.4, 0.5) is 5.69 Å². The number of hydrogen-bond acceptors (Lipinski definition) is 10. The van der Waals surface area contributed by atoms with Crippen LogP contribution in [-0.2, 0) is 11.2 Å². The molecule has 1 aromatic rings. The van der Waals surface area contributed by atoms with Gasteiger partial charge in [-0.15, -0.1) is 0 Å². The van der Waals surface area contributed by atoms with Gasteiger partial charge in [0.25, 0.3) is 5.69 Å². The number of rotatable bonds is 24. The van der Waals surface area contributed by atoms with Gasteiger partial charge in [-0.1, -0.05) is 44.9 Å². The summed E-state index contributed by atoms with van der Waals surface area (Å²) in [6.07, 6.45) is 8.59. The Bertz CT molecular complexity index is 820. The van der Waals surface area contributed by atoms with E-state index in [9.17, 15) is 30.2 Å². The zero-order valence-corrected chi connectivity index (χ0v) is 23.0. The smallest absolute Gasteiger partial charge is 0.332 e. The zero-order chi connectivity index (χ0) is 28.9. The van der Waals surface area contributed by atoms with E-state index in [4.69, 9.17) is 14.9 Å². The van der Waals surface area contributed by atoms with Crippen molar-refractivity contribution in [3.05, 3.63) is 33.9 Å². The highest BCUT2D eigenvalue weighted by molar-refractivity contribution is 5.68. The van der Waals surface area contributed by atoms with Gasteiger partial charge in [-0.3, -0.25) is 10.1 Å². The quantitative estimate of drug-likeness (QED) is 0.0472. The average molecular weight is 559 g/mol. The Labute approximate surface area is 230 Å². The third-order valence-corrected chi connectivity index (χ3v) is 6.70. The van der Waals surface area contributed by atoms with Crippen molar-refractivity contribution < 1.29 is 44.6 Å². The van der Waals surface area contributed by atoms with E-state index in [1.807, 2.05) is 0 Å². The summed E-state index contributed by atoms with van der Waals surface area (Å²) in [5.41, 5.74) is 3.61. The molecule has 0 aliphatic heterocycles. The molecule has 0 saturated carbocycles. The van der Waals surface area contributed by atoms with E-state index in [0.29, 0.717) is 24.2 Å². The third kappa shape index (κ3) is 13.6. The molecule has 0 radical (unpaired) electrons. The minimum absolute atomic E-state index is 0.0523. The van der Waals surface area contributed by atoms with E-state index in [2.05, 4.69) is 5.43 Å². The first kappa shape index (κ1) is 34.8. The minimum Gasteiger partial charge on any atom is -0.491 e. The topological polar surface area (TPSA) is 183 Å². The number of benzene rings is 1. The van der Waals surface area contributed by atoms with Gasteiger partial charge in [-0.25, -0.2) is 4.79 Å². The Kier molecular flexibility index (Phi) is 18.5. The number of aliphatic hydroxyl groups is 5. The normalized spacial score (nSPS) is 12.4. The predicted octanol–water partition coefficient (Wildman–Crippen LogP) is 1.60. The monoisotopic (exact) mass is 558 g/mol. The Morgan fingerprint density at radius 3 is 2.05 bits per heavy atom. The van der Waals surface area contributed by atoms with E-state index >= 15 is 0 Å². The lowest BCUT2D eigenvalue weighted by Crippen LogP contribution is -2.64. The Balaban J connectivity index is 2.28. The summed E-state index contributed by atoms with van der Waals surface area (Å²) >= 11 is 0. The molecule has 12 nitrogen and oxygen atoms in total. The molecule has 0 spiro atoms. The number of nitro groups is 1. The largest absolute Gasteiger partial charge is 0.491 e. The number of hydrogen-bond donors (Lipinski definition) is 6. The average Bonchev–Trinajstić information content (AvgIpc) is 2.93. The molecule has 0 aromatic heterocycles. The second-order valence-corrected chi connectivity index (χ2v) is 9.76. The number of amides is 1. The molecule has 39 heavy (non-hydrogen) atoms. The van der Waals surface area contributed by atoms with Crippen molar-refractivity contribution >= 4 is 11.6 Å². The minimum atomic E-state index is -1.00. The second kappa shape index (κ2) is 20.7. The van der Waals surface area contributed by atoms with Gasteiger partial charge in [0, 0.05) is 11.6 Å². The summed E-state index contributed by atoms with van der Waals surface area (Å²) in [5.74, 6) is 0.337. The molecule has 224 valence electrons. The molecule has 0 fully saturated rings. The maximum absolute atomic E-state index is 12.8. The van der Waals surface area contributed by atoms with Gasteiger partial charge >= 0.3 is 5.91 Å². The molecule has 1 rings (SSSR count). The molecule has 0 bridgehead atoms. The van der Waals surface area contributed by atoms with Crippen LogP contribution in [0.5, 0.6) is 5.75 Å². The lowest BCUT2D eigenvalue weighted by atomic mass is 10.0. The van der Waals surface area contributed by atoms with Crippen LogP contribution in [0.15, 0.2) is 18.2 Å². The lowest BCUT2D eigenvalue weighted by Gasteiger charge is -2.34. The van der Waals surface area contributed by atoms with E-state index in [-0.39, 0.29) is 62.2 Å². The molecule has 1 unspecified atom stereocenters. The molecule has 0 aliphatic carbocycles. The molecule has 12 heteroatoms. The van der Waals surface area contributed by atoms with Crippen LogP contribution in [0, 0.1) is 10.1 Å². The number of aryl methyl sites for hydroxylation is 1. The summed E-state index contributed by atoms with van der Waals surface area (Å²) in [4.78, 5) is 23.7. The van der Waals surface area contributed by atoms with Crippen LogP contribution < -0.4 is 10.2 Å². The number of carbonyl (C=O) groups is 1. The molecule has 1 atom stereocenters. The standard InChI is InChI=1S/C27H48N3O9/c31-17-14-28-30(15-18-32,16-19-33)27(36)11-9-7-5-3-1-2-4-6-8-10-23-20-25(39-22-24(35)21-34)12-13-26(23)29(37)38/h12-13,20,24,28,31-35H,1-11,14-19,21-22H2/q+1. The molecule has 1 aromatic carbocycles. The van der Waals surface area contributed by atoms with Gasteiger partial charge in [0.15, 0.2) is 0 Å². The van der Waals surface area contributed by atoms with Crippen molar-refractivity contribution in [1.82, 2.24) is 5.43 Å². The van der Waals surface area contributed by atoms with Crippen LogP contribution in [0.1, 0.15) is 69.8 Å². The summed E-state index contributed by atoms with van der Waals surface area (Å²) in [5, 5.41) is 57.5. The van der Waals surface area contributed by atoms with E-state index in [0.717, 1.165) is 57.8 Å². The molecule has 1 amide bonds. The van der Waals surface area contributed by atoms with Crippen molar-refractivity contribution in [3.8, 4) is 5.75 Å². The number of quaternary nitrogens is 1. The number of aliphatic hydroxyl groups excluding tert-OH is 5. The van der Waals surface area contributed by atoms with Gasteiger partial charge < -0.3 is 30.3 Å². The van der Waals surface area contributed by atoms with Crippen LogP contribution >= 0.6 is 0 Å². The summed E-state index contributed by atoms with van der Waals surface area (Å²) in [7, 11) is 0. The van der Waals surface area contributed by atoms with Crippen LogP contribution in [-0.4, -0.2) is 99.7 Å². The summed E-state index contributed by atoms with van der Waals surface area (Å²) in [6, 6.07) is 4.54. The Morgan fingerprint density at radius 1 is 0.923 bits per heavy atom. The number of nitro benzene ring substituents is 1. The maximum atomic E-state index is 12.8. The summed E-state index contributed by atoms with van der Waals surface area (Å²) in [6.45, 7) is -0.512. The van der Waals surface area contributed by atoms with Crippen LogP contribution in [0.25, 0.3) is 0 Å². The molecular formula is C27H48N3O9+.